The lowest BCUT2D eigenvalue weighted by Gasteiger charge is -2.02. The maximum absolute atomic E-state index is 11.6. The van der Waals surface area contributed by atoms with E-state index in [-0.39, 0.29) is 5.69 Å². The Hall–Kier alpha value is -1.35. The van der Waals surface area contributed by atoms with Crippen molar-refractivity contribution in [2.45, 2.75) is 29.8 Å². The lowest BCUT2D eigenvalue weighted by Crippen LogP contribution is -2.16. The minimum Gasteiger partial charge on any atom is -0.377 e. The van der Waals surface area contributed by atoms with E-state index in [4.69, 9.17) is 0 Å². The van der Waals surface area contributed by atoms with Crippen LogP contribution in [-0.2, 0) is 5.75 Å². The first kappa shape index (κ1) is 11.7. The van der Waals surface area contributed by atoms with E-state index in [1.807, 2.05) is 7.05 Å². The summed E-state index contributed by atoms with van der Waals surface area (Å²) in [6.07, 6.45) is 2.13. The van der Waals surface area contributed by atoms with Gasteiger partial charge in [0.25, 0.3) is 0 Å². The van der Waals surface area contributed by atoms with Crippen LogP contribution in [0.3, 0.4) is 0 Å². The molecule has 1 fully saturated rings. The monoisotopic (exact) mass is 284 g/mol. The van der Waals surface area contributed by atoms with Gasteiger partial charge in [0.05, 0.1) is 0 Å². The zero-order valence-electron chi connectivity index (χ0n) is 9.71. The van der Waals surface area contributed by atoms with Gasteiger partial charge in [-0.05, 0) is 12.8 Å². The van der Waals surface area contributed by atoms with E-state index >= 15 is 0 Å². The summed E-state index contributed by atoms with van der Waals surface area (Å²) in [6.45, 7) is 0. The van der Waals surface area contributed by atoms with Gasteiger partial charge in [-0.1, -0.05) is 16.3 Å². The van der Waals surface area contributed by atoms with Crippen LogP contribution >= 0.6 is 23.3 Å². The van der Waals surface area contributed by atoms with E-state index in [1.165, 1.54) is 23.3 Å². The van der Waals surface area contributed by atoms with Gasteiger partial charge in [-0.15, -0.1) is 10.2 Å². The lowest BCUT2D eigenvalue weighted by atomic mass is 10.5. The topological polar surface area (TPSA) is 88.5 Å². The highest BCUT2D eigenvalue weighted by molar-refractivity contribution is 7.98. The molecule has 0 unspecified atom stereocenters. The van der Waals surface area contributed by atoms with E-state index in [2.05, 4.69) is 25.1 Å². The Morgan fingerprint density at radius 2 is 2.44 bits per heavy atom. The van der Waals surface area contributed by atoms with E-state index in [0.29, 0.717) is 11.8 Å². The molecule has 1 aliphatic rings. The molecular weight excluding hydrogens is 272 g/mol. The van der Waals surface area contributed by atoms with Crippen molar-refractivity contribution >= 4 is 28.3 Å². The van der Waals surface area contributed by atoms with Gasteiger partial charge in [0.2, 0.25) is 0 Å². The van der Waals surface area contributed by atoms with Gasteiger partial charge in [-0.25, -0.2) is 9.89 Å². The largest absolute Gasteiger partial charge is 0.377 e. The van der Waals surface area contributed by atoms with Crippen LogP contribution in [0.5, 0.6) is 0 Å². The minimum atomic E-state index is -0.120. The first-order valence-electron chi connectivity index (χ1n) is 5.58. The highest BCUT2D eigenvalue weighted by Crippen LogP contribution is 2.36. The molecule has 96 valence electrons. The molecule has 0 saturated heterocycles. The SMILES string of the molecule is CNc1snnc1CSc1n[nH]c(=O)n1C1CC1. The van der Waals surface area contributed by atoms with Crippen molar-refractivity contribution in [2.24, 2.45) is 0 Å². The maximum Gasteiger partial charge on any atom is 0.344 e. The highest BCUT2D eigenvalue weighted by atomic mass is 32.2. The molecule has 1 aliphatic carbocycles. The van der Waals surface area contributed by atoms with Crippen LogP contribution in [0, 0.1) is 0 Å². The molecule has 2 aromatic rings. The van der Waals surface area contributed by atoms with Crippen LogP contribution in [0.15, 0.2) is 9.95 Å². The van der Waals surface area contributed by atoms with Crippen molar-refractivity contribution in [3.63, 3.8) is 0 Å². The van der Waals surface area contributed by atoms with Gasteiger partial charge in [0, 0.05) is 30.4 Å². The second-order valence-electron chi connectivity index (χ2n) is 4.00. The molecule has 0 spiro atoms. The smallest absolute Gasteiger partial charge is 0.344 e. The predicted octanol–water partition coefficient (Wildman–Crippen LogP) is 1.09. The van der Waals surface area contributed by atoms with Crippen LogP contribution in [0.25, 0.3) is 0 Å². The van der Waals surface area contributed by atoms with E-state index in [9.17, 15) is 4.79 Å². The summed E-state index contributed by atoms with van der Waals surface area (Å²) in [5.41, 5.74) is 0.774. The zero-order chi connectivity index (χ0) is 12.5. The second kappa shape index (κ2) is 4.73. The predicted molar refractivity (Wildman–Crippen MR) is 70.1 cm³/mol. The number of aromatic amines is 1. The molecular formula is C9H12N6OS2. The molecule has 0 bridgehead atoms. The first-order valence-corrected chi connectivity index (χ1v) is 7.34. The number of hydrogen-bond donors (Lipinski definition) is 2. The minimum absolute atomic E-state index is 0.120. The molecule has 2 N–H and O–H groups in total. The number of hydrogen-bond acceptors (Lipinski definition) is 7. The van der Waals surface area contributed by atoms with E-state index in [1.54, 1.807) is 4.57 Å². The quantitative estimate of drug-likeness (QED) is 0.799. The van der Waals surface area contributed by atoms with Crippen molar-refractivity contribution in [2.75, 3.05) is 12.4 Å². The van der Waals surface area contributed by atoms with Crippen molar-refractivity contribution in [3.8, 4) is 0 Å². The number of anilines is 1. The van der Waals surface area contributed by atoms with Crippen LogP contribution in [0.2, 0.25) is 0 Å². The van der Waals surface area contributed by atoms with Crippen LogP contribution in [-0.4, -0.2) is 31.4 Å². The highest BCUT2D eigenvalue weighted by Gasteiger charge is 2.28. The standard InChI is InChI=1S/C9H12N6OS2/c1-10-7-6(11-14-18-7)4-17-9-13-12-8(16)15(9)5-2-3-5/h5,10H,2-4H2,1H3,(H,12,16). The average molecular weight is 284 g/mol. The summed E-state index contributed by atoms with van der Waals surface area (Å²) >= 11 is 2.84. The fourth-order valence-electron chi connectivity index (χ4n) is 1.67. The van der Waals surface area contributed by atoms with Gasteiger partial charge in [-0.3, -0.25) is 4.57 Å². The van der Waals surface area contributed by atoms with E-state index in [0.717, 1.165) is 28.7 Å². The molecule has 0 aromatic carbocycles. The Morgan fingerprint density at radius 3 is 3.17 bits per heavy atom. The number of nitrogens with zero attached hydrogens (tertiary/aromatic N) is 4. The van der Waals surface area contributed by atoms with Gasteiger partial charge < -0.3 is 5.32 Å². The van der Waals surface area contributed by atoms with Gasteiger partial charge in [0.15, 0.2) is 5.16 Å². The van der Waals surface area contributed by atoms with Crippen molar-refractivity contribution in [3.05, 3.63) is 16.2 Å². The zero-order valence-corrected chi connectivity index (χ0v) is 11.3. The molecule has 9 heteroatoms. The number of H-pyrrole nitrogens is 1. The van der Waals surface area contributed by atoms with Gasteiger partial charge in [0.1, 0.15) is 10.7 Å². The molecule has 1 saturated carbocycles. The Morgan fingerprint density at radius 1 is 1.61 bits per heavy atom. The lowest BCUT2D eigenvalue weighted by molar-refractivity contribution is 0.642. The number of aromatic nitrogens is 5. The fraction of sp³-hybridized carbons (Fsp3) is 0.556. The molecule has 2 heterocycles. The molecule has 0 atom stereocenters. The average Bonchev–Trinajstić information content (AvgIpc) is 2.99. The Bertz CT molecular complexity index is 598. The summed E-state index contributed by atoms with van der Waals surface area (Å²) in [4.78, 5) is 11.6. The van der Waals surface area contributed by atoms with Gasteiger partial charge >= 0.3 is 5.69 Å². The van der Waals surface area contributed by atoms with Crippen LogP contribution in [0.4, 0.5) is 5.00 Å². The Balaban J connectivity index is 1.75. The third-order valence-electron chi connectivity index (χ3n) is 2.70. The normalized spacial score (nSPS) is 14.9. The molecule has 0 aliphatic heterocycles. The van der Waals surface area contributed by atoms with Gasteiger partial charge in [-0.2, -0.15) is 0 Å². The van der Waals surface area contributed by atoms with Crippen LogP contribution < -0.4 is 11.0 Å². The third-order valence-corrected chi connectivity index (χ3v) is 4.45. The van der Waals surface area contributed by atoms with Crippen molar-refractivity contribution in [1.29, 1.82) is 0 Å². The van der Waals surface area contributed by atoms with Crippen molar-refractivity contribution < 1.29 is 0 Å². The molecule has 7 nitrogen and oxygen atoms in total. The Labute approximate surface area is 111 Å². The molecule has 0 radical (unpaired) electrons. The molecule has 3 rings (SSSR count). The Kier molecular flexibility index (Phi) is 3.08. The fourth-order valence-corrected chi connectivity index (χ4v) is 3.24. The number of nitrogens with one attached hydrogen (secondary N) is 2. The summed E-state index contributed by atoms with van der Waals surface area (Å²) in [6, 6.07) is 0.330. The first-order chi connectivity index (χ1) is 8.79. The summed E-state index contributed by atoms with van der Waals surface area (Å²) < 4.78 is 5.64. The number of rotatable bonds is 5. The third kappa shape index (κ3) is 2.15. The second-order valence-corrected chi connectivity index (χ2v) is 5.70. The van der Waals surface area contributed by atoms with E-state index < -0.39 is 0 Å². The maximum atomic E-state index is 11.6. The van der Waals surface area contributed by atoms with Crippen molar-refractivity contribution in [1.82, 2.24) is 24.4 Å². The summed E-state index contributed by atoms with van der Waals surface area (Å²) in [5, 5.41) is 15.4. The molecule has 18 heavy (non-hydrogen) atoms. The summed E-state index contributed by atoms with van der Waals surface area (Å²) in [7, 11) is 1.85. The number of thioether (sulfide) groups is 1. The molecule has 0 amide bonds. The molecule has 2 aromatic heterocycles. The van der Waals surface area contributed by atoms with Crippen LogP contribution in [0.1, 0.15) is 24.6 Å². The summed E-state index contributed by atoms with van der Waals surface area (Å²) in [5.74, 6) is 0.656.